The van der Waals surface area contributed by atoms with Gasteiger partial charge in [0.1, 0.15) is 11.8 Å². The van der Waals surface area contributed by atoms with Crippen molar-refractivity contribution in [3.8, 4) is 11.8 Å². The fourth-order valence-electron chi connectivity index (χ4n) is 1.98. The van der Waals surface area contributed by atoms with Crippen molar-refractivity contribution in [3.05, 3.63) is 71.3 Å². The van der Waals surface area contributed by atoms with Crippen molar-refractivity contribution < 1.29 is 14.3 Å². The average molecular weight is 335 g/mol. The van der Waals surface area contributed by atoms with Crippen molar-refractivity contribution in [1.29, 1.82) is 5.26 Å². The summed E-state index contributed by atoms with van der Waals surface area (Å²) in [6.07, 6.45) is 2.99. The van der Waals surface area contributed by atoms with Gasteiger partial charge in [-0.1, -0.05) is 36.4 Å². The van der Waals surface area contributed by atoms with Crippen molar-refractivity contribution in [3.63, 3.8) is 0 Å². The molecular weight excluding hydrogens is 318 g/mol. The van der Waals surface area contributed by atoms with E-state index in [1.165, 1.54) is 6.08 Å². The number of nitrogens with one attached hydrogen (secondary N) is 2. The minimum atomic E-state index is -0.537. The first-order chi connectivity index (χ1) is 12.1. The quantitative estimate of drug-likeness (QED) is 0.647. The summed E-state index contributed by atoms with van der Waals surface area (Å²) >= 11 is 0. The van der Waals surface area contributed by atoms with E-state index < -0.39 is 11.8 Å². The van der Waals surface area contributed by atoms with E-state index in [4.69, 9.17) is 10.00 Å². The third-order valence-corrected chi connectivity index (χ3v) is 3.29. The van der Waals surface area contributed by atoms with E-state index in [-0.39, 0.29) is 6.61 Å². The maximum absolute atomic E-state index is 11.7. The third kappa shape index (κ3) is 5.52. The molecule has 0 heterocycles. The molecule has 0 atom stereocenters. The zero-order valence-electron chi connectivity index (χ0n) is 13.7. The van der Waals surface area contributed by atoms with Gasteiger partial charge < -0.3 is 4.74 Å². The second-order valence-corrected chi connectivity index (χ2v) is 5.12. The summed E-state index contributed by atoms with van der Waals surface area (Å²) in [4.78, 5) is 23.4. The molecule has 2 amide bonds. The SMILES string of the molecule is Cc1ccccc1/C=C/C(=O)NNC(=O)COc1ccccc1C#N. The van der Waals surface area contributed by atoms with E-state index in [9.17, 15) is 9.59 Å². The van der Waals surface area contributed by atoms with Crippen LogP contribution in [0.15, 0.2) is 54.6 Å². The molecule has 25 heavy (non-hydrogen) atoms. The van der Waals surface area contributed by atoms with Gasteiger partial charge in [-0.3, -0.25) is 20.4 Å². The zero-order chi connectivity index (χ0) is 18.1. The number of nitriles is 1. The molecule has 0 aliphatic carbocycles. The lowest BCUT2D eigenvalue weighted by Gasteiger charge is -2.08. The Morgan fingerprint density at radius 3 is 2.60 bits per heavy atom. The number of hydrogen-bond donors (Lipinski definition) is 2. The molecule has 2 aromatic carbocycles. The maximum Gasteiger partial charge on any atom is 0.276 e. The highest BCUT2D eigenvalue weighted by Gasteiger charge is 2.06. The summed E-state index contributed by atoms with van der Waals surface area (Å²) in [5, 5.41) is 8.94. The zero-order valence-corrected chi connectivity index (χ0v) is 13.7. The van der Waals surface area contributed by atoms with Gasteiger partial charge in [0, 0.05) is 6.08 Å². The van der Waals surface area contributed by atoms with Crippen LogP contribution in [-0.4, -0.2) is 18.4 Å². The smallest absolute Gasteiger partial charge is 0.276 e. The Hall–Kier alpha value is -3.59. The van der Waals surface area contributed by atoms with Gasteiger partial charge in [-0.15, -0.1) is 0 Å². The van der Waals surface area contributed by atoms with E-state index >= 15 is 0 Å². The minimum Gasteiger partial charge on any atom is -0.482 e. The Labute approximate surface area is 145 Å². The Balaban J connectivity index is 1.79. The Bertz CT molecular complexity index is 838. The predicted octanol–water partition coefficient (Wildman–Crippen LogP) is 2.11. The Morgan fingerprint density at radius 2 is 1.84 bits per heavy atom. The van der Waals surface area contributed by atoms with Crippen molar-refractivity contribution in [2.75, 3.05) is 6.61 Å². The van der Waals surface area contributed by atoms with Crippen LogP contribution in [0.3, 0.4) is 0 Å². The number of amides is 2. The molecule has 2 rings (SSSR count). The highest BCUT2D eigenvalue weighted by molar-refractivity contribution is 5.93. The highest BCUT2D eigenvalue weighted by atomic mass is 16.5. The molecule has 2 aromatic rings. The number of para-hydroxylation sites is 1. The van der Waals surface area contributed by atoms with E-state index in [0.29, 0.717) is 11.3 Å². The molecule has 126 valence electrons. The number of aryl methyl sites for hydroxylation is 1. The molecule has 0 aromatic heterocycles. The molecule has 0 radical (unpaired) electrons. The third-order valence-electron chi connectivity index (χ3n) is 3.29. The molecule has 2 N–H and O–H groups in total. The largest absolute Gasteiger partial charge is 0.482 e. The van der Waals surface area contributed by atoms with E-state index in [1.807, 2.05) is 37.3 Å². The van der Waals surface area contributed by atoms with Crippen molar-refractivity contribution in [2.24, 2.45) is 0 Å². The predicted molar refractivity (Wildman–Crippen MR) is 93.2 cm³/mol. The number of carbonyl (C=O) groups excluding carboxylic acids is 2. The summed E-state index contributed by atoms with van der Waals surface area (Å²) in [7, 11) is 0. The molecule has 0 saturated carbocycles. The molecule has 0 aliphatic heterocycles. The number of hydrogen-bond acceptors (Lipinski definition) is 4. The Kier molecular flexibility index (Phi) is 6.32. The van der Waals surface area contributed by atoms with Crippen LogP contribution < -0.4 is 15.6 Å². The van der Waals surface area contributed by atoms with Crippen molar-refractivity contribution >= 4 is 17.9 Å². The monoisotopic (exact) mass is 335 g/mol. The molecule has 0 unspecified atom stereocenters. The summed E-state index contributed by atoms with van der Waals surface area (Å²) in [6.45, 7) is 1.62. The van der Waals surface area contributed by atoms with Gasteiger partial charge in [-0.2, -0.15) is 5.26 Å². The lowest BCUT2D eigenvalue weighted by Crippen LogP contribution is -2.43. The van der Waals surface area contributed by atoms with Gasteiger partial charge in [-0.25, -0.2) is 0 Å². The van der Waals surface area contributed by atoms with Crippen LogP contribution in [0, 0.1) is 18.3 Å². The van der Waals surface area contributed by atoms with Gasteiger partial charge in [-0.05, 0) is 36.3 Å². The molecule has 6 heteroatoms. The summed E-state index contributed by atoms with van der Waals surface area (Å²) < 4.78 is 5.26. The Morgan fingerprint density at radius 1 is 1.12 bits per heavy atom. The lowest BCUT2D eigenvalue weighted by molar-refractivity contribution is -0.128. The lowest BCUT2D eigenvalue weighted by atomic mass is 10.1. The van der Waals surface area contributed by atoms with Crippen LogP contribution in [0.4, 0.5) is 0 Å². The fraction of sp³-hybridized carbons (Fsp3) is 0.105. The van der Waals surface area contributed by atoms with Gasteiger partial charge in [0.25, 0.3) is 11.8 Å². The minimum absolute atomic E-state index is 0.311. The number of hydrazine groups is 1. The standard InChI is InChI=1S/C19H17N3O3/c1-14-6-2-3-7-15(14)10-11-18(23)21-22-19(24)13-25-17-9-5-4-8-16(17)12-20/h2-11H,13H2,1H3,(H,21,23)(H,22,24)/b11-10+. The normalized spacial score (nSPS) is 10.1. The van der Waals surface area contributed by atoms with E-state index in [0.717, 1.165) is 11.1 Å². The second kappa shape index (κ2) is 8.89. The second-order valence-electron chi connectivity index (χ2n) is 5.12. The van der Waals surface area contributed by atoms with Crippen LogP contribution in [0.25, 0.3) is 6.08 Å². The summed E-state index contributed by atoms with van der Waals surface area (Å²) in [5.74, 6) is -0.690. The summed E-state index contributed by atoms with van der Waals surface area (Å²) in [6, 6.07) is 16.2. The number of ether oxygens (including phenoxy) is 1. The first-order valence-corrected chi connectivity index (χ1v) is 7.54. The number of carbonyl (C=O) groups is 2. The molecule has 0 saturated heterocycles. The van der Waals surface area contributed by atoms with Crippen LogP contribution in [0.2, 0.25) is 0 Å². The molecule has 0 spiro atoms. The highest BCUT2D eigenvalue weighted by Crippen LogP contribution is 2.16. The van der Waals surface area contributed by atoms with Crippen LogP contribution in [0.1, 0.15) is 16.7 Å². The van der Waals surface area contributed by atoms with Gasteiger partial charge >= 0.3 is 0 Å². The van der Waals surface area contributed by atoms with Gasteiger partial charge in [0.15, 0.2) is 6.61 Å². The fourth-order valence-corrected chi connectivity index (χ4v) is 1.98. The molecular formula is C19H17N3O3. The van der Waals surface area contributed by atoms with Gasteiger partial charge in [0.05, 0.1) is 5.56 Å². The summed E-state index contributed by atoms with van der Waals surface area (Å²) in [5.41, 5.74) is 6.80. The molecule has 0 fully saturated rings. The van der Waals surface area contributed by atoms with E-state index in [2.05, 4.69) is 10.9 Å². The topological polar surface area (TPSA) is 91.2 Å². The number of rotatable bonds is 5. The van der Waals surface area contributed by atoms with Crippen LogP contribution in [-0.2, 0) is 9.59 Å². The van der Waals surface area contributed by atoms with Crippen LogP contribution in [0.5, 0.6) is 5.75 Å². The first kappa shape index (κ1) is 17.8. The van der Waals surface area contributed by atoms with Crippen LogP contribution >= 0.6 is 0 Å². The van der Waals surface area contributed by atoms with Crippen molar-refractivity contribution in [2.45, 2.75) is 6.92 Å². The van der Waals surface area contributed by atoms with E-state index in [1.54, 1.807) is 30.3 Å². The first-order valence-electron chi connectivity index (χ1n) is 7.54. The molecule has 6 nitrogen and oxygen atoms in total. The molecule has 0 bridgehead atoms. The maximum atomic E-state index is 11.7. The van der Waals surface area contributed by atoms with Crippen molar-refractivity contribution in [1.82, 2.24) is 10.9 Å². The molecule has 0 aliphatic rings. The van der Waals surface area contributed by atoms with Gasteiger partial charge in [0.2, 0.25) is 0 Å². The number of nitrogens with zero attached hydrogens (tertiary/aromatic N) is 1. The average Bonchev–Trinajstić information content (AvgIpc) is 2.64. The number of benzene rings is 2.